The van der Waals surface area contributed by atoms with Crippen LogP contribution in [0.1, 0.15) is 18.5 Å². The Kier molecular flexibility index (Phi) is 6.11. The van der Waals surface area contributed by atoms with Crippen molar-refractivity contribution in [3.05, 3.63) is 83.5 Å². The maximum atomic E-state index is 13.3. The molecule has 8 heteroatoms. The Morgan fingerprint density at radius 2 is 1.75 bits per heavy atom. The molecule has 0 saturated carbocycles. The summed E-state index contributed by atoms with van der Waals surface area (Å²) >= 11 is 1.06. The average Bonchev–Trinajstić information content (AvgIpc) is 3.23. The summed E-state index contributed by atoms with van der Waals surface area (Å²) in [5.41, 5.74) is 1.13. The third-order valence-electron chi connectivity index (χ3n) is 4.12. The third-order valence-corrected chi connectivity index (χ3v) is 7.27. The maximum Gasteiger partial charge on any atom is 0.274 e. The van der Waals surface area contributed by atoms with Gasteiger partial charge in [0.25, 0.3) is 10.0 Å². The minimum Gasteiger partial charge on any atom is -0.348 e. The lowest BCUT2D eigenvalue weighted by Crippen LogP contribution is -2.41. The quantitative estimate of drug-likeness (QED) is 0.632. The van der Waals surface area contributed by atoms with E-state index in [1.165, 1.54) is 18.2 Å². The Hall–Kier alpha value is -2.71. The van der Waals surface area contributed by atoms with Gasteiger partial charge in [-0.1, -0.05) is 36.4 Å². The molecule has 1 amide bonds. The van der Waals surface area contributed by atoms with E-state index in [1.54, 1.807) is 11.4 Å². The molecule has 1 aromatic heterocycles. The van der Waals surface area contributed by atoms with E-state index < -0.39 is 28.3 Å². The lowest BCUT2D eigenvalue weighted by Gasteiger charge is -2.24. The highest BCUT2D eigenvalue weighted by atomic mass is 32.2. The molecule has 3 rings (SSSR count). The molecule has 0 aliphatic carbocycles. The first-order valence-electron chi connectivity index (χ1n) is 8.54. The first-order valence-corrected chi connectivity index (χ1v) is 10.9. The molecule has 0 aliphatic rings. The van der Waals surface area contributed by atoms with Crippen LogP contribution in [-0.2, 0) is 14.8 Å². The predicted molar refractivity (Wildman–Crippen MR) is 108 cm³/mol. The van der Waals surface area contributed by atoms with Crippen molar-refractivity contribution in [1.82, 2.24) is 5.32 Å². The Morgan fingerprint density at radius 3 is 2.36 bits per heavy atom. The van der Waals surface area contributed by atoms with E-state index in [4.69, 9.17) is 0 Å². The number of halogens is 1. The molecule has 0 saturated heterocycles. The summed E-state index contributed by atoms with van der Waals surface area (Å²) in [4.78, 5) is 12.6. The molecule has 0 aliphatic heterocycles. The number of sulfonamides is 1. The van der Waals surface area contributed by atoms with Crippen LogP contribution in [0.2, 0.25) is 0 Å². The predicted octanol–water partition coefficient (Wildman–Crippen LogP) is 3.96. The van der Waals surface area contributed by atoms with Crippen molar-refractivity contribution < 1.29 is 17.6 Å². The summed E-state index contributed by atoms with van der Waals surface area (Å²) < 4.78 is 40.5. The van der Waals surface area contributed by atoms with E-state index in [0.29, 0.717) is 0 Å². The number of hydrogen-bond acceptors (Lipinski definition) is 4. The summed E-state index contributed by atoms with van der Waals surface area (Å²) in [5.74, 6) is -0.944. The number of nitrogens with zero attached hydrogens (tertiary/aromatic N) is 1. The summed E-state index contributed by atoms with van der Waals surface area (Å²) in [5, 5.41) is 4.46. The lowest BCUT2D eigenvalue weighted by molar-refractivity contribution is -0.120. The van der Waals surface area contributed by atoms with E-state index in [2.05, 4.69) is 5.32 Å². The van der Waals surface area contributed by atoms with Crippen LogP contribution >= 0.6 is 11.3 Å². The van der Waals surface area contributed by atoms with Gasteiger partial charge in [-0.15, -0.1) is 11.3 Å². The fourth-order valence-electron chi connectivity index (χ4n) is 2.68. The van der Waals surface area contributed by atoms with Gasteiger partial charge in [-0.05, 0) is 48.2 Å². The van der Waals surface area contributed by atoms with Crippen molar-refractivity contribution in [2.24, 2.45) is 0 Å². The Morgan fingerprint density at radius 1 is 1.07 bits per heavy atom. The minimum atomic E-state index is -3.95. The fraction of sp³-hybridized carbons (Fsp3) is 0.150. The smallest absolute Gasteiger partial charge is 0.274 e. The topological polar surface area (TPSA) is 66.5 Å². The Balaban J connectivity index is 1.85. The molecule has 2 aromatic carbocycles. The van der Waals surface area contributed by atoms with Gasteiger partial charge in [0, 0.05) is 0 Å². The van der Waals surface area contributed by atoms with Gasteiger partial charge in [0.15, 0.2) is 0 Å². The molecule has 0 spiro atoms. The first kappa shape index (κ1) is 20.0. The van der Waals surface area contributed by atoms with Crippen LogP contribution in [0.25, 0.3) is 0 Å². The van der Waals surface area contributed by atoms with Crippen molar-refractivity contribution >= 4 is 33.0 Å². The number of carbonyl (C=O) groups is 1. The van der Waals surface area contributed by atoms with Crippen molar-refractivity contribution in [2.75, 3.05) is 10.8 Å². The van der Waals surface area contributed by atoms with E-state index >= 15 is 0 Å². The largest absolute Gasteiger partial charge is 0.348 e. The van der Waals surface area contributed by atoms with Crippen LogP contribution in [-0.4, -0.2) is 20.9 Å². The second-order valence-electron chi connectivity index (χ2n) is 6.12. The molecule has 1 atom stereocenters. The van der Waals surface area contributed by atoms with Crippen molar-refractivity contribution in [1.29, 1.82) is 0 Å². The van der Waals surface area contributed by atoms with E-state index in [1.807, 2.05) is 37.3 Å². The second-order valence-corrected chi connectivity index (χ2v) is 9.16. The minimum absolute atomic E-state index is 0.112. The van der Waals surface area contributed by atoms with Crippen LogP contribution in [0.3, 0.4) is 0 Å². The van der Waals surface area contributed by atoms with Gasteiger partial charge in [0.05, 0.1) is 11.7 Å². The van der Waals surface area contributed by atoms with Crippen molar-refractivity contribution in [3.63, 3.8) is 0 Å². The van der Waals surface area contributed by atoms with Gasteiger partial charge in [-0.25, -0.2) is 12.8 Å². The molecule has 0 fully saturated rings. The highest BCUT2D eigenvalue weighted by Gasteiger charge is 2.28. The van der Waals surface area contributed by atoms with E-state index in [-0.39, 0.29) is 15.9 Å². The first-order chi connectivity index (χ1) is 13.4. The number of rotatable bonds is 7. The van der Waals surface area contributed by atoms with Crippen LogP contribution in [0.15, 0.2) is 76.3 Å². The number of benzene rings is 2. The van der Waals surface area contributed by atoms with E-state index in [0.717, 1.165) is 33.3 Å². The Bertz CT molecular complexity index is 1020. The SMILES string of the molecule is C[C@@H](NC(=O)CN(c1ccc(F)cc1)S(=O)(=O)c1cccs1)c1ccccc1. The van der Waals surface area contributed by atoms with Gasteiger partial charge < -0.3 is 5.32 Å². The number of nitrogens with one attached hydrogen (secondary N) is 1. The number of carbonyl (C=O) groups excluding carboxylic acids is 1. The normalized spacial score (nSPS) is 12.4. The standard InChI is InChI=1S/C20H19FN2O3S2/c1-15(16-6-3-2-4-7-16)22-19(24)14-23(18-11-9-17(21)10-12-18)28(25,26)20-8-5-13-27-20/h2-13,15H,14H2,1H3,(H,22,24)/t15-/m1/s1. The second kappa shape index (κ2) is 8.53. The van der Waals surface area contributed by atoms with Gasteiger partial charge in [-0.2, -0.15) is 0 Å². The number of hydrogen-bond donors (Lipinski definition) is 1. The number of thiophene rings is 1. The molecular weight excluding hydrogens is 399 g/mol. The van der Waals surface area contributed by atoms with Gasteiger partial charge in [-0.3, -0.25) is 9.10 Å². The van der Waals surface area contributed by atoms with Gasteiger partial charge >= 0.3 is 0 Å². The summed E-state index contributed by atoms with van der Waals surface area (Å²) in [6.45, 7) is 1.41. The van der Waals surface area contributed by atoms with E-state index in [9.17, 15) is 17.6 Å². The molecule has 3 aromatic rings. The molecule has 28 heavy (non-hydrogen) atoms. The van der Waals surface area contributed by atoms with Gasteiger partial charge in [0.2, 0.25) is 5.91 Å². The number of anilines is 1. The third kappa shape index (κ3) is 4.58. The van der Waals surface area contributed by atoms with Gasteiger partial charge in [0.1, 0.15) is 16.6 Å². The van der Waals surface area contributed by atoms with Crippen molar-refractivity contribution in [3.8, 4) is 0 Å². The molecule has 1 heterocycles. The average molecular weight is 419 g/mol. The molecule has 0 radical (unpaired) electrons. The zero-order valence-electron chi connectivity index (χ0n) is 15.1. The monoisotopic (exact) mass is 418 g/mol. The molecule has 1 N–H and O–H groups in total. The highest BCUT2D eigenvalue weighted by Crippen LogP contribution is 2.26. The molecule has 0 bridgehead atoms. The summed E-state index contributed by atoms with van der Waals surface area (Å²) in [6, 6.07) is 17.2. The highest BCUT2D eigenvalue weighted by molar-refractivity contribution is 7.94. The fourth-order valence-corrected chi connectivity index (χ4v) is 5.21. The summed E-state index contributed by atoms with van der Waals surface area (Å²) in [6.07, 6.45) is 0. The van der Waals surface area contributed by atoms with Crippen LogP contribution in [0, 0.1) is 5.82 Å². The maximum absolute atomic E-state index is 13.3. The van der Waals surface area contributed by atoms with Crippen LogP contribution < -0.4 is 9.62 Å². The molecule has 146 valence electrons. The van der Waals surface area contributed by atoms with Crippen molar-refractivity contribution in [2.45, 2.75) is 17.2 Å². The Labute approximate surface area is 167 Å². The summed E-state index contributed by atoms with van der Waals surface area (Å²) in [7, 11) is -3.95. The number of amides is 1. The molecular formula is C20H19FN2O3S2. The molecule has 5 nitrogen and oxygen atoms in total. The van der Waals surface area contributed by atoms with Crippen LogP contribution in [0.5, 0.6) is 0 Å². The van der Waals surface area contributed by atoms with Crippen LogP contribution in [0.4, 0.5) is 10.1 Å². The molecule has 0 unspecified atom stereocenters. The zero-order valence-corrected chi connectivity index (χ0v) is 16.7. The lowest BCUT2D eigenvalue weighted by atomic mass is 10.1. The zero-order chi connectivity index (χ0) is 20.1.